The summed E-state index contributed by atoms with van der Waals surface area (Å²) in [6.45, 7) is 1.73. The largest absolute Gasteiger partial charge is 0.478 e. The summed E-state index contributed by atoms with van der Waals surface area (Å²) in [5.74, 6) is -1.91. The molecule has 9 nitrogen and oxygen atoms in total. The van der Waals surface area contributed by atoms with Crippen LogP contribution in [0.15, 0.2) is 51.8 Å². The smallest absolute Gasteiger partial charge is 0.417 e. The molecule has 0 saturated carbocycles. The van der Waals surface area contributed by atoms with Crippen LogP contribution in [0.4, 0.5) is 36.3 Å². The summed E-state index contributed by atoms with van der Waals surface area (Å²) in [6.07, 6.45) is -3.38. The molecule has 0 radical (unpaired) electrons. The van der Waals surface area contributed by atoms with Gasteiger partial charge >= 0.3 is 17.9 Å². The first-order valence-corrected chi connectivity index (χ1v) is 9.05. The summed E-state index contributed by atoms with van der Waals surface area (Å²) in [5, 5.41) is 14.7. The van der Waals surface area contributed by atoms with Gasteiger partial charge in [-0.25, -0.2) is 14.6 Å². The van der Waals surface area contributed by atoms with Crippen LogP contribution in [0, 0.1) is 6.92 Å². The first kappa shape index (κ1) is 20.9. The SMILES string of the molecule is Cc1cnc(Nc2ccc(C(=O)O)c(C(F)(F)F)c2)nc1Nc1ccc2oc(=O)[nH]c2c1. The van der Waals surface area contributed by atoms with Gasteiger partial charge in [0.15, 0.2) is 5.58 Å². The highest BCUT2D eigenvalue weighted by Crippen LogP contribution is 2.34. The number of oxazole rings is 1. The first-order chi connectivity index (χ1) is 15.1. The number of carbonyl (C=O) groups is 1. The van der Waals surface area contributed by atoms with E-state index in [1.165, 1.54) is 12.3 Å². The van der Waals surface area contributed by atoms with Crippen LogP contribution in [0.3, 0.4) is 0 Å². The summed E-state index contributed by atoms with van der Waals surface area (Å²) in [5.41, 5.74) is -0.0999. The molecule has 0 spiro atoms. The van der Waals surface area contributed by atoms with Gasteiger partial charge in [-0.15, -0.1) is 0 Å². The van der Waals surface area contributed by atoms with Gasteiger partial charge in [0, 0.05) is 23.1 Å². The van der Waals surface area contributed by atoms with E-state index in [1.807, 2.05) is 0 Å². The van der Waals surface area contributed by atoms with Crippen molar-refractivity contribution in [3.63, 3.8) is 0 Å². The zero-order valence-electron chi connectivity index (χ0n) is 16.2. The van der Waals surface area contributed by atoms with Crippen molar-refractivity contribution in [3.05, 3.63) is 69.8 Å². The summed E-state index contributed by atoms with van der Waals surface area (Å²) >= 11 is 0. The Kier molecular flexibility index (Phi) is 5.04. The van der Waals surface area contributed by atoms with Crippen LogP contribution in [0.2, 0.25) is 0 Å². The van der Waals surface area contributed by atoms with Crippen molar-refractivity contribution < 1.29 is 27.5 Å². The van der Waals surface area contributed by atoms with E-state index in [1.54, 1.807) is 25.1 Å². The monoisotopic (exact) mass is 445 g/mol. The number of anilines is 4. The van der Waals surface area contributed by atoms with Crippen LogP contribution < -0.4 is 16.4 Å². The molecule has 0 saturated heterocycles. The highest BCUT2D eigenvalue weighted by molar-refractivity contribution is 5.90. The predicted octanol–water partition coefficient (Wildman–Crippen LogP) is 4.42. The maximum Gasteiger partial charge on any atom is 0.417 e. The summed E-state index contributed by atoms with van der Waals surface area (Å²) in [7, 11) is 0. The maximum atomic E-state index is 13.2. The van der Waals surface area contributed by atoms with Crippen molar-refractivity contribution in [2.45, 2.75) is 13.1 Å². The number of rotatable bonds is 5. The number of aromatic nitrogens is 3. The first-order valence-electron chi connectivity index (χ1n) is 9.05. The molecule has 4 N–H and O–H groups in total. The number of carboxylic acids is 1. The summed E-state index contributed by atoms with van der Waals surface area (Å²) in [4.78, 5) is 33.3. The van der Waals surface area contributed by atoms with E-state index in [0.717, 1.165) is 6.07 Å². The van der Waals surface area contributed by atoms with Gasteiger partial charge in [0.2, 0.25) is 5.95 Å². The van der Waals surface area contributed by atoms with Gasteiger partial charge in [0.25, 0.3) is 0 Å². The molecule has 4 rings (SSSR count). The van der Waals surface area contributed by atoms with E-state index >= 15 is 0 Å². The van der Waals surface area contributed by atoms with Crippen LogP contribution in [0.5, 0.6) is 0 Å². The van der Waals surface area contributed by atoms with E-state index in [2.05, 4.69) is 25.6 Å². The van der Waals surface area contributed by atoms with Crippen molar-refractivity contribution in [1.82, 2.24) is 15.0 Å². The molecule has 2 aromatic carbocycles. The molecule has 0 unspecified atom stereocenters. The highest BCUT2D eigenvalue weighted by atomic mass is 19.4. The van der Waals surface area contributed by atoms with Gasteiger partial charge in [0.05, 0.1) is 16.6 Å². The molecular formula is C20H14F3N5O4. The Balaban J connectivity index is 1.62. The van der Waals surface area contributed by atoms with Gasteiger partial charge in [-0.05, 0) is 43.3 Å². The average molecular weight is 445 g/mol. The van der Waals surface area contributed by atoms with Crippen LogP contribution >= 0.6 is 0 Å². The summed E-state index contributed by atoms with van der Waals surface area (Å²) < 4.78 is 44.7. The standard InChI is InChI=1S/C20H14F3N5O4/c1-9-8-24-18(26-10-2-4-12(17(29)30)13(6-10)20(21,22)23)28-16(9)25-11-3-5-15-14(7-11)27-19(31)32-15/h2-8H,1H3,(H,27,31)(H,29,30)(H2,24,25,26,28). The van der Waals surface area contributed by atoms with Gasteiger partial charge in [-0.1, -0.05) is 0 Å². The molecule has 12 heteroatoms. The highest BCUT2D eigenvalue weighted by Gasteiger charge is 2.35. The van der Waals surface area contributed by atoms with Gasteiger partial charge < -0.3 is 20.2 Å². The Bertz CT molecular complexity index is 1390. The Hall–Kier alpha value is -4.35. The summed E-state index contributed by atoms with van der Waals surface area (Å²) in [6, 6.07) is 7.62. The third kappa shape index (κ3) is 4.24. The third-order valence-corrected chi connectivity index (χ3v) is 4.46. The number of aromatic carboxylic acids is 1. The number of hydrogen-bond donors (Lipinski definition) is 4. The molecule has 0 fully saturated rings. The topological polar surface area (TPSA) is 133 Å². The molecule has 164 valence electrons. The fourth-order valence-corrected chi connectivity index (χ4v) is 2.97. The zero-order valence-corrected chi connectivity index (χ0v) is 16.2. The number of benzene rings is 2. The number of aryl methyl sites for hydroxylation is 1. The van der Waals surface area contributed by atoms with Crippen LogP contribution in [0.25, 0.3) is 11.1 Å². The molecule has 32 heavy (non-hydrogen) atoms. The Morgan fingerprint density at radius 1 is 1.12 bits per heavy atom. The molecule has 0 atom stereocenters. The number of aromatic amines is 1. The molecule has 2 heterocycles. The number of nitrogens with one attached hydrogen (secondary N) is 3. The lowest BCUT2D eigenvalue weighted by atomic mass is 10.1. The molecule has 2 aromatic heterocycles. The molecular weight excluding hydrogens is 431 g/mol. The molecule has 0 aliphatic heterocycles. The van der Waals surface area contributed by atoms with Crippen molar-refractivity contribution in [1.29, 1.82) is 0 Å². The Labute approximate surface area is 176 Å². The minimum absolute atomic E-state index is 0.00732. The number of alkyl halides is 3. The Morgan fingerprint density at radius 2 is 1.84 bits per heavy atom. The quantitative estimate of drug-likeness (QED) is 0.355. The van der Waals surface area contributed by atoms with E-state index in [4.69, 9.17) is 9.52 Å². The molecule has 0 bridgehead atoms. The van der Waals surface area contributed by atoms with Crippen LogP contribution in [-0.4, -0.2) is 26.0 Å². The molecule has 4 aromatic rings. The number of carboxylic acid groups (broad SMARTS) is 1. The average Bonchev–Trinajstić information content (AvgIpc) is 3.09. The van der Waals surface area contributed by atoms with Crippen molar-refractivity contribution in [2.24, 2.45) is 0 Å². The van der Waals surface area contributed by atoms with Crippen molar-refractivity contribution >= 4 is 40.2 Å². The van der Waals surface area contributed by atoms with Crippen molar-refractivity contribution in [2.75, 3.05) is 10.6 Å². The lowest BCUT2D eigenvalue weighted by Gasteiger charge is -2.14. The number of hydrogen-bond acceptors (Lipinski definition) is 7. The number of nitrogens with zero attached hydrogens (tertiary/aromatic N) is 2. The van der Waals surface area contributed by atoms with Crippen LogP contribution in [-0.2, 0) is 6.18 Å². The maximum absolute atomic E-state index is 13.2. The molecule has 0 aliphatic carbocycles. The van der Waals surface area contributed by atoms with E-state index in [0.29, 0.717) is 34.2 Å². The van der Waals surface area contributed by atoms with E-state index in [-0.39, 0.29) is 11.6 Å². The Morgan fingerprint density at radius 3 is 2.56 bits per heavy atom. The van der Waals surface area contributed by atoms with Gasteiger partial charge in [-0.3, -0.25) is 4.98 Å². The van der Waals surface area contributed by atoms with Gasteiger partial charge in [-0.2, -0.15) is 18.2 Å². The fourth-order valence-electron chi connectivity index (χ4n) is 2.97. The second-order valence-corrected chi connectivity index (χ2v) is 6.76. The van der Waals surface area contributed by atoms with Crippen molar-refractivity contribution in [3.8, 4) is 0 Å². The minimum atomic E-state index is -4.85. The molecule has 0 aliphatic rings. The van der Waals surface area contributed by atoms with E-state index in [9.17, 15) is 22.8 Å². The lowest BCUT2D eigenvalue weighted by Crippen LogP contribution is -2.13. The normalized spacial score (nSPS) is 11.5. The second-order valence-electron chi connectivity index (χ2n) is 6.76. The molecule has 0 amide bonds. The lowest BCUT2D eigenvalue weighted by molar-refractivity contribution is -0.138. The minimum Gasteiger partial charge on any atom is -0.478 e. The van der Waals surface area contributed by atoms with Gasteiger partial charge in [0.1, 0.15) is 5.82 Å². The third-order valence-electron chi connectivity index (χ3n) is 4.46. The zero-order chi connectivity index (χ0) is 23.0. The number of H-pyrrole nitrogens is 1. The fraction of sp³-hybridized carbons (Fsp3) is 0.100. The number of fused-ring (bicyclic) bond motifs is 1. The second kappa shape index (κ2) is 7.72. The van der Waals surface area contributed by atoms with Crippen LogP contribution in [0.1, 0.15) is 21.5 Å². The predicted molar refractivity (Wildman–Crippen MR) is 109 cm³/mol. The van der Waals surface area contributed by atoms with E-state index < -0.39 is 29.0 Å². The number of halogens is 3.